The highest BCUT2D eigenvalue weighted by Crippen LogP contribution is 2.33. The first-order valence-electron chi connectivity index (χ1n) is 8.34. The first-order valence-corrected chi connectivity index (χ1v) is 9.10. The molecule has 3 aromatic rings. The molecule has 2 heterocycles. The molecule has 0 aliphatic carbocycles. The summed E-state index contributed by atoms with van der Waals surface area (Å²) in [7, 11) is 3.22. The molecule has 27 heavy (non-hydrogen) atoms. The maximum Gasteiger partial charge on any atom is 0.261 e. The van der Waals surface area contributed by atoms with Gasteiger partial charge < -0.3 is 9.47 Å². The van der Waals surface area contributed by atoms with Crippen LogP contribution in [0.2, 0.25) is 10.0 Å². The van der Waals surface area contributed by atoms with Crippen molar-refractivity contribution in [1.82, 2.24) is 9.55 Å². The zero-order valence-electron chi connectivity index (χ0n) is 14.8. The highest BCUT2D eigenvalue weighted by Gasteiger charge is 2.22. The summed E-state index contributed by atoms with van der Waals surface area (Å²) in [5.74, 6) is 2.02. The number of hydrogen-bond donors (Lipinski definition) is 0. The Hall–Kier alpha value is -2.50. The minimum atomic E-state index is -0.135. The lowest BCUT2D eigenvalue weighted by atomic mass is 10.1. The molecule has 0 N–H and O–H groups in total. The molecule has 1 aromatic heterocycles. The van der Waals surface area contributed by atoms with Crippen molar-refractivity contribution in [3.8, 4) is 11.5 Å². The minimum absolute atomic E-state index is 0.135. The summed E-state index contributed by atoms with van der Waals surface area (Å²) in [4.78, 5) is 17.5. The van der Waals surface area contributed by atoms with Crippen LogP contribution < -0.4 is 15.0 Å². The summed E-state index contributed by atoms with van der Waals surface area (Å²) in [6.07, 6.45) is 2.68. The summed E-state index contributed by atoms with van der Waals surface area (Å²) >= 11 is 12.3. The quantitative estimate of drug-likeness (QED) is 0.638. The molecule has 0 spiro atoms. The second-order valence-electron chi connectivity index (χ2n) is 6.20. The van der Waals surface area contributed by atoms with Crippen LogP contribution in [0, 0.1) is 0 Å². The van der Waals surface area contributed by atoms with Crippen LogP contribution in [0.4, 0.5) is 0 Å². The first kappa shape index (κ1) is 17.9. The number of ether oxygens (including phenoxy) is 2. The summed E-state index contributed by atoms with van der Waals surface area (Å²) in [6.45, 7) is 0.561. The summed E-state index contributed by atoms with van der Waals surface area (Å²) in [5.41, 5.74) is 2.16. The highest BCUT2D eigenvalue weighted by molar-refractivity contribution is 6.38. The summed E-state index contributed by atoms with van der Waals surface area (Å²) in [5, 5.41) is 1.22. The molecule has 5 nitrogen and oxygen atoms in total. The van der Waals surface area contributed by atoms with Gasteiger partial charge in [0.15, 0.2) is 0 Å². The van der Waals surface area contributed by atoms with Crippen LogP contribution in [0.25, 0.3) is 22.6 Å². The fourth-order valence-corrected chi connectivity index (χ4v) is 3.84. The topological polar surface area (TPSA) is 53.4 Å². The van der Waals surface area contributed by atoms with E-state index in [1.54, 1.807) is 30.9 Å². The standard InChI is InChI=1S/C20H16Cl2N2O3/c1-26-14-4-3-11(17(10-14)27-2)7-12-5-6-24-19(12)23-18-15(20(24)25)8-13(21)9-16(18)22/h3-4,7-10H,5-6H2,1-2H3/b12-7+. The number of halogens is 2. The third-order valence-corrected chi connectivity index (χ3v) is 5.15. The van der Waals surface area contributed by atoms with Crippen molar-refractivity contribution in [2.45, 2.75) is 13.0 Å². The molecule has 1 aliphatic rings. The van der Waals surface area contributed by atoms with Crippen LogP contribution in [-0.4, -0.2) is 23.8 Å². The van der Waals surface area contributed by atoms with Gasteiger partial charge in [0.2, 0.25) is 0 Å². The number of fused-ring (bicyclic) bond motifs is 2. The average Bonchev–Trinajstić information content (AvgIpc) is 3.06. The van der Waals surface area contributed by atoms with Crippen molar-refractivity contribution < 1.29 is 9.47 Å². The molecule has 0 amide bonds. The predicted molar refractivity (Wildman–Crippen MR) is 108 cm³/mol. The minimum Gasteiger partial charge on any atom is -0.497 e. The zero-order valence-corrected chi connectivity index (χ0v) is 16.3. The van der Waals surface area contributed by atoms with Crippen molar-refractivity contribution in [1.29, 1.82) is 0 Å². The summed E-state index contributed by atoms with van der Waals surface area (Å²) in [6, 6.07) is 8.81. The van der Waals surface area contributed by atoms with Crippen LogP contribution in [0.5, 0.6) is 11.5 Å². The van der Waals surface area contributed by atoms with E-state index in [-0.39, 0.29) is 5.56 Å². The van der Waals surface area contributed by atoms with E-state index in [1.807, 2.05) is 24.3 Å². The van der Waals surface area contributed by atoms with E-state index in [4.69, 9.17) is 32.7 Å². The monoisotopic (exact) mass is 402 g/mol. The number of hydrogen-bond acceptors (Lipinski definition) is 4. The Labute approximate surface area is 165 Å². The number of rotatable bonds is 3. The van der Waals surface area contributed by atoms with E-state index >= 15 is 0 Å². The van der Waals surface area contributed by atoms with Gasteiger partial charge in [0.1, 0.15) is 17.3 Å². The van der Waals surface area contributed by atoms with Gasteiger partial charge in [-0.3, -0.25) is 9.36 Å². The van der Waals surface area contributed by atoms with Crippen LogP contribution in [-0.2, 0) is 6.54 Å². The van der Waals surface area contributed by atoms with E-state index in [9.17, 15) is 4.79 Å². The molecule has 0 radical (unpaired) electrons. The Bertz CT molecular complexity index is 1150. The molecule has 1 aliphatic heterocycles. The maximum atomic E-state index is 12.9. The number of methoxy groups -OCH3 is 2. The van der Waals surface area contributed by atoms with Crippen molar-refractivity contribution >= 4 is 45.8 Å². The zero-order chi connectivity index (χ0) is 19.1. The average molecular weight is 403 g/mol. The van der Waals surface area contributed by atoms with Gasteiger partial charge in [0.25, 0.3) is 5.56 Å². The molecular weight excluding hydrogens is 387 g/mol. The van der Waals surface area contributed by atoms with Crippen LogP contribution in [0.3, 0.4) is 0 Å². The predicted octanol–water partition coefficient (Wildman–Crippen LogP) is 4.66. The Morgan fingerprint density at radius 3 is 2.70 bits per heavy atom. The molecule has 0 fully saturated rings. The SMILES string of the molecule is COc1ccc(/C=C2\CCn3c2nc2c(Cl)cc(Cl)cc2c3=O)c(OC)c1. The maximum absolute atomic E-state index is 12.9. The van der Waals surface area contributed by atoms with Gasteiger partial charge in [0, 0.05) is 23.2 Å². The Morgan fingerprint density at radius 2 is 1.96 bits per heavy atom. The fourth-order valence-electron chi connectivity index (χ4n) is 3.31. The lowest BCUT2D eigenvalue weighted by molar-refractivity contribution is 0.394. The van der Waals surface area contributed by atoms with Gasteiger partial charge >= 0.3 is 0 Å². The molecule has 0 saturated heterocycles. The largest absolute Gasteiger partial charge is 0.497 e. The van der Waals surface area contributed by atoms with Crippen molar-refractivity contribution in [3.05, 3.63) is 62.1 Å². The first-order chi connectivity index (χ1) is 13.0. The van der Waals surface area contributed by atoms with E-state index in [2.05, 4.69) is 4.98 Å². The van der Waals surface area contributed by atoms with E-state index < -0.39 is 0 Å². The third-order valence-electron chi connectivity index (χ3n) is 4.64. The van der Waals surface area contributed by atoms with Gasteiger partial charge in [-0.25, -0.2) is 4.98 Å². The molecular formula is C20H16Cl2N2O3. The number of allylic oxidation sites excluding steroid dienone is 1. The Kier molecular flexibility index (Phi) is 4.58. The van der Waals surface area contributed by atoms with Gasteiger partial charge in [-0.1, -0.05) is 23.2 Å². The molecule has 0 bridgehead atoms. The van der Waals surface area contributed by atoms with Crippen molar-refractivity contribution in [2.75, 3.05) is 14.2 Å². The lowest BCUT2D eigenvalue weighted by Crippen LogP contribution is -2.20. The number of nitrogens with zero attached hydrogens (tertiary/aromatic N) is 2. The van der Waals surface area contributed by atoms with Crippen LogP contribution >= 0.6 is 23.2 Å². The van der Waals surface area contributed by atoms with E-state index in [1.165, 1.54) is 0 Å². The number of aromatic nitrogens is 2. The molecule has 2 aromatic carbocycles. The lowest BCUT2D eigenvalue weighted by Gasteiger charge is -2.09. The molecule has 138 valence electrons. The summed E-state index contributed by atoms with van der Waals surface area (Å²) < 4.78 is 12.4. The Balaban J connectivity index is 1.89. The van der Waals surface area contributed by atoms with Crippen molar-refractivity contribution in [3.63, 3.8) is 0 Å². The van der Waals surface area contributed by atoms with Crippen LogP contribution in [0.15, 0.2) is 35.1 Å². The third kappa shape index (κ3) is 3.07. The van der Waals surface area contributed by atoms with Gasteiger partial charge in [-0.2, -0.15) is 0 Å². The molecule has 0 saturated carbocycles. The van der Waals surface area contributed by atoms with Crippen LogP contribution in [0.1, 0.15) is 17.8 Å². The fraction of sp³-hybridized carbons (Fsp3) is 0.200. The van der Waals surface area contributed by atoms with Crippen molar-refractivity contribution in [2.24, 2.45) is 0 Å². The molecule has 7 heteroatoms. The molecule has 0 atom stereocenters. The second-order valence-corrected chi connectivity index (χ2v) is 7.05. The van der Waals surface area contributed by atoms with E-state index in [0.29, 0.717) is 51.2 Å². The van der Waals surface area contributed by atoms with Gasteiger partial charge in [-0.05, 0) is 42.3 Å². The second kappa shape index (κ2) is 6.91. The van der Waals surface area contributed by atoms with E-state index in [0.717, 1.165) is 11.1 Å². The smallest absolute Gasteiger partial charge is 0.261 e. The normalized spacial score (nSPS) is 14.6. The number of benzene rings is 2. The van der Waals surface area contributed by atoms with Gasteiger partial charge in [-0.15, -0.1) is 0 Å². The highest BCUT2D eigenvalue weighted by atomic mass is 35.5. The molecule has 4 rings (SSSR count). The molecule has 0 unspecified atom stereocenters. The van der Waals surface area contributed by atoms with Gasteiger partial charge in [0.05, 0.1) is 30.1 Å². The Morgan fingerprint density at radius 1 is 1.15 bits per heavy atom.